The van der Waals surface area contributed by atoms with Crippen molar-refractivity contribution >= 4 is 46.0 Å². The minimum Gasteiger partial charge on any atom is -0.480 e. The van der Waals surface area contributed by atoms with Crippen LogP contribution < -0.4 is 20.4 Å². The fourth-order valence-corrected chi connectivity index (χ4v) is 2.93. The molecule has 0 saturated carbocycles. The number of carbonyl (C=O) groups excluding carboxylic acids is 2. The van der Waals surface area contributed by atoms with Gasteiger partial charge in [0.05, 0.1) is 5.02 Å². The molecule has 1 heterocycles. The maximum absolute atomic E-state index is 12.1. The van der Waals surface area contributed by atoms with Crippen molar-refractivity contribution in [3.63, 3.8) is 0 Å². The van der Waals surface area contributed by atoms with Gasteiger partial charge in [0.2, 0.25) is 0 Å². The van der Waals surface area contributed by atoms with E-state index in [0.717, 1.165) is 0 Å². The number of ether oxygens (including phenoxy) is 2. The third kappa shape index (κ3) is 5.20. The van der Waals surface area contributed by atoms with E-state index < -0.39 is 24.1 Å². The van der Waals surface area contributed by atoms with Crippen molar-refractivity contribution in [2.75, 3.05) is 13.2 Å². The van der Waals surface area contributed by atoms with Crippen LogP contribution in [0.15, 0.2) is 64.3 Å². The monoisotopic (exact) mass is 447 g/mol. The molecular formula is C21H15Cl2NO6. The van der Waals surface area contributed by atoms with Gasteiger partial charge in [-0.3, -0.25) is 4.79 Å². The normalized spacial score (nSPS) is 10.5. The molecule has 1 aromatic heterocycles. The maximum atomic E-state index is 12.1. The zero-order chi connectivity index (χ0) is 21.7. The molecule has 154 valence electrons. The molecule has 0 aliphatic carbocycles. The van der Waals surface area contributed by atoms with Crippen LogP contribution in [0.3, 0.4) is 0 Å². The smallest absolute Gasteiger partial charge is 0.349 e. The highest BCUT2D eigenvalue weighted by Gasteiger charge is 2.14. The summed E-state index contributed by atoms with van der Waals surface area (Å²) in [5.41, 5.74) is -0.789. The Labute approximate surface area is 180 Å². The molecule has 0 fully saturated rings. The number of rotatable bonds is 7. The Balaban J connectivity index is 1.70. The predicted molar refractivity (Wildman–Crippen MR) is 113 cm³/mol. The van der Waals surface area contributed by atoms with Crippen LogP contribution in [-0.4, -0.2) is 25.0 Å². The maximum Gasteiger partial charge on any atom is 0.349 e. The summed E-state index contributed by atoms with van der Waals surface area (Å²) in [6.07, 6.45) is 1.49. The number of fused-ring (bicyclic) bond motifs is 1. The van der Waals surface area contributed by atoms with Gasteiger partial charge in [0.1, 0.15) is 22.6 Å². The van der Waals surface area contributed by atoms with Crippen LogP contribution >= 0.6 is 23.2 Å². The first kappa shape index (κ1) is 21.4. The molecule has 1 amide bonds. The lowest BCUT2D eigenvalue weighted by atomic mass is 10.1. The third-order valence-electron chi connectivity index (χ3n) is 3.83. The summed E-state index contributed by atoms with van der Waals surface area (Å²) in [5, 5.41) is 3.70. The first-order valence-corrected chi connectivity index (χ1v) is 9.38. The molecule has 0 saturated heterocycles. The Morgan fingerprint density at radius 3 is 2.67 bits per heavy atom. The van der Waals surface area contributed by atoms with Gasteiger partial charge >= 0.3 is 11.6 Å². The molecule has 0 aliphatic heterocycles. The van der Waals surface area contributed by atoms with Gasteiger partial charge in [-0.1, -0.05) is 29.3 Å². The Bertz CT molecular complexity index is 1190. The Morgan fingerprint density at radius 2 is 1.93 bits per heavy atom. The van der Waals surface area contributed by atoms with E-state index in [1.807, 2.05) is 0 Å². The number of benzene rings is 2. The highest BCUT2D eigenvalue weighted by Crippen LogP contribution is 2.27. The van der Waals surface area contributed by atoms with E-state index in [-0.39, 0.29) is 34.2 Å². The number of hydrogen-bond donors (Lipinski definition) is 1. The van der Waals surface area contributed by atoms with E-state index in [1.54, 1.807) is 12.1 Å². The van der Waals surface area contributed by atoms with Crippen LogP contribution in [-0.2, 0) is 4.79 Å². The lowest BCUT2D eigenvalue weighted by Gasteiger charge is -2.09. The molecule has 1 N–H and O–H groups in total. The summed E-state index contributed by atoms with van der Waals surface area (Å²) in [6.45, 7) is 3.31. The predicted octanol–water partition coefficient (Wildman–Crippen LogP) is 4.00. The SMILES string of the molecule is C=CCNC(=O)c1cc2ccc(OC(=O)COc3ccc(Cl)cc3Cl)cc2oc1=O. The number of esters is 1. The van der Waals surface area contributed by atoms with Crippen molar-refractivity contribution in [1.82, 2.24) is 5.32 Å². The zero-order valence-electron chi connectivity index (χ0n) is 15.4. The fraction of sp³-hybridized carbons (Fsp3) is 0.0952. The first-order valence-electron chi connectivity index (χ1n) is 8.63. The van der Waals surface area contributed by atoms with Gasteiger partial charge < -0.3 is 19.2 Å². The van der Waals surface area contributed by atoms with Crippen molar-refractivity contribution < 1.29 is 23.5 Å². The first-order chi connectivity index (χ1) is 14.4. The van der Waals surface area contributed by atoms with Gasteiger partial charge in [0.25, 0.3) is 5.91 Å². The van der Waals surface area contributed by atoms with E-state index in [0.29, 0.717) is 10.4 Å². The average Bonchev–Trinajstić information content (AvgIpc) is 2.70. The molecule has 30 heavy (non-hydrogen) atoms. The molecule has 0 spiro atoms. The summed E-state index contributed by atoms with van der Waals surface area (Å²) in [5.74, 6) is -0.836. The van der Waals surface area contributed by atoms with Gasteiger partial charge in [0, 0.05) is 23.0 Å². The quantitative estimate of drug-likeness (QED) is 0.254. The Hall–Kier alpha value is -3.29. The molecule has 9 heteroatoms. The Kier molecular flexibility index (Phi) is 6.76. The molecular weight excluding hydrogens is 433 g/mol. The van der Waals surface area contributed by atoms with Crippen LogP contribution in [0, 0.1) is 0 Å². The molecule has 0 unspecified atom stereocenters. The number of carbonyl (C=O) groups is 2. The second-order valence-corrected chi connectivity index (χ2v) is 6.83. The zero-order valence-corrected chi connectivity index (χ0v) is 17.0. The lowest BCUT2D eigenvalue weighted by molar-refractivity contribution is -0.136. The lowest BCUT2D eigenvalue weighted by Crippen LogP contribution is -2.28. The van der Waals surface area contributed by atoms with Crippen molar-refractivity contribution in [2.45, 2.75) is 0 Å². The minimum absolute atomic E-state index is 0.137. The van der Waals surface area contributed by atoms with Gasteiger partial charge in [-0.2, -0.15) is 0 Å². The van der Waals surface area contributed by atoms with E-state index >= 15 is 0 Å². The molecule has 7 nitrogen and oxygen atoms in total. The van der Waals surface area contributed by atoms with Crippen LogP contribution in [0.1, 0.15) is 10.4 Å². The van der Waals surface area contributed by atoms with Gasteiger partial charge in [-0.15, -0.1) is 6.58 Å². The average molecular weight is 448 g/mol. The summed E-state index contributed by atoms with van der Waals surface area (Å²) in [6, 6.07) is 10.4. The van der Waals surface area contributed by atoms with E-state index in [1.165, 1.54) is 36.4 Å². The van der Waals surface area contributed by atoms with Gasteiger partial charge in [-0.05, 0) is 36.4 Å². The van der Waals surface area contributed by atoms with Crippen molar-refractivity contribution in [2.24, 2.45) is 0 Å². The largest absolute Gasteiger partial charge is 0.480 e. The summed E-state index contributed by atoms with van der Waals surface area (Å²) < 4.78 is 15.7. The van der Waals surface area contributed by atoms with Crippen LogP contribution in [0.4, 0.5) is 0 Å². The molecule has 0 aliphatic rings. The van der Waals surface area contributed by atoms with Crippen LogP contribution in [0.5, 0.6) is 11.5 Å². The van der Waals surface area contributed by atoms with Gasteiger partial charge in [-0.25, -0.2) is 9.59 Å². The van der Waals surface area contributed by atoms with E-state index in [9.17, 15) is 14.4 Å². The fourth-order valence-electron chi connectivity index (χ4n) is 2.46. The molecule has 3 rings (SSSR count). The molecule has 0 radical (unpaired) electrons. The number of nitrogens with one attached hydrogen (secondary N) is 1. The third-order valence-corrected chi connectivity index (χ3v) is 4.36. The standard InChI is InChI=1S/C21H15Cl2NO6/c1-2-7-24-20(26)15-8-12-3-5-14(10-18(12)30-21(15)27)29-19(25)11-28-17-6-4-13(22)9-16(17)23/h2-6,8-10H,1,7,11H2,(H,24,26). The highest BCUT2D eigenvalue weighted by atomic mass is 35.5. The number of amides is 1. The van der Waals surface area contributed by atoms with Crippen molar-refractivity contribution in [1.29, 1.82) is 0 Å². The second-order valence-electron chi connectivity index (χ2n) is 5.98. The Morgan fingerprint density at radius 1 is 1.13 bits per heavy atom. The molecule has 0 atom stereocenters. The topological polar surface area (TPSA) is 94.8 Å². The van der Waals surface area contributed by atoms with Crippen LogP contribution in [0.2, 0.25) is 10.0 Å². The van der Waals surface area contributed by atoms with Crippen LogP contribution in [0.25, 0.3) is 11.0 Å². The summed E-state index contributed by atoms with van der Waals surface area (Å²) in [7, 11) is 0. The summed E-state index contributed by atoms with van der Waals surface area (Å²) >= 11 is 11.8. The number of halogens is 2. The molecule has 3 aromatic rings. The van der Waals surface area contributed by atoms with E-state index in [2.05, 4.69) is 11.9 Å². The molecule has 0 bridgehead atoms. The van der Waals surface area contributed by atoms with Crippen molar-refractivity contribution in [3.8, 4) is 11.5 Å². The summed E-state index contributed by atoms with van der Waals surface area (Å²) in [4.78, 5) is 36.1. The minimum atomic E-state index is -0.812. The van der Waals surface area contributed by atoms with E-state index in [4.69, 9.17) is 37.1 Å². The molecule has 2 aromatic carbocycles. The van der Waals surface area contributed by atoms with Crippen molar-refractivity contribution in [3.05, 3.63) is 81.1 Å². The number of hydrogen-bond acceptors (Lipinski definition) is 6. The second kappa shape index (κ2) is 9.47. The highest BCUT2D eigenvalue weighted by molar-refractivity contribution is 6.35. The van der Waals surface area contributed by atoms with Gasteiger partial charge in [0.15, 0.2) is 6.61 Å².